The molecule has 0 amide bonds. The quantitative estimate of drug-likeness (QED) is 0.797. The fourth-order valence-electron chi connectivity index (χ4n) is 2.34. The van der Waals surface area contributed by atoms with E-state index in [1.165, 1.54) is 11.1 Å². The molecule has 16 heavy (non-hydrogen) atoms. The molecule has 0 radical (unpaired) electrons. The lowest BCUT2D eigenvalue weighted by Crippen LogP contribution is -2.48. The van der Waals surface area contributed by atoms with Crippen molar-refractivity contribution in [1.82, 2.24) is 15.5 Å². The highest BCUT2D eigenvalue weighted by atomic mass is 15.3. The van der Waals surface area contributed by atoms with Crippen LogP contribution in [0.3, 0.4) is 0 Å². The van der Waals surface area contributed by atoms with Gasteiger partial charge in [-0.05, 0) is 19.5 Å². The van der Waals surface area contributed by atoms with Gasteiger partial charge >= 0.3 is 0 Å². The second kappa shape index (κ2) is 5.43. The van der Waals surface area contributed by atoms with E-state index in [1.54, 1.807) is 0 Å². The van der Waals surface area contributed by atoms with Crippen LogP contribution in [0.25, 0.3) is 0 Å². The molecule has 3 heteroatoms. The molecule has 3 nitrogen and oxygen atoms in total. The van der Waals surface area contributed by atoms with Crippen molar-refractivity contribution in [2.45, 2.75) is 13.1 Å². The van der Waals surface area contributed by atoms with Gasteiger partial charge in [-0.2, -0.15) is 0 Å². The van der Waals surface area contributed by atoms with Crippen molar-refractivity contribution in [1.29, 1.82) is 0 Å². The van der Waals surface area contributed by atoms with E-state index in [-0.39, 0.29) is 0 Å². The number of nitrogens with one attached hydrogen (secondary N) is 2. The zero-order valence-electron chi connectivity index (χ0n) is 10.2. The van der Waals surface area contributed by atoms with Crippen LogP contribution < -0.4 is 10.6 Å². The summed E-state index contributed by atoms with van der Waals surface area (Å²) in [6.07, 6.45) is 0.349. The van der Waals surface area contributed by atoms with E-state index in [0.29, 0.717) is 6.17 Å². The van der Waals surface area contributed by atoms with Crippen LogP contribution in [0.15, 0.2) is 24.3 Å². The van der Waals surface area contributed by atoms with Crippen molar-refractivity contribution in [2.75, 3.05) is 33.2 Å². The third-order valence-electron chi connectivity index (χ3n) is 3.15. The van der Waals surface area contributed by atoms with Gasteiger partial charge in [0, 0.05) is 26.2 Å². The first-order valence-electron chi connectivity index (χ1n) is 6.00. The summed E-state index contributed by atoms with van der Waals surface area (Å²) in [5.74, 6) is 0. The summed E-state index contributed by atoms with van der Waals surface area (Å²) >= 11 is 0. The van der Waals surface area contributed by atoms with Crippen LogP contribution in [0.1, 0.15) is 17.3 Å². The molecule has 1 fully saturated rings. The van der Waals surface area contributed by atoms with E-state index in [2.05, 4.69) is 46.7 Å². The van der Waals surface area contributed by atoms with Crippen molar-refractivity contribution >= 4 is 0 Å². The van der Waals surface area contributed by atoms with E-state index >= 15 is 0 Å². The second-order valence-electron chi connectivity index (χ2n) is 4.39. The zero-order chi connectivity index (χ0) is 11.4. The van der Waals surface area contributed by atoms with Gasteiger partial charge in [0.25, 0.3) is 0 Å². The number of benzene rings is 1. The van der Waals surface area contributed by atoms with E-state index in [1.807, 2.05) is 7.05 Å². The summed E-state index contributed by atoms with van der Waals surface area (Å²) in [6, 6.07) is 8.75. The predicted molar refractivity (Wildman–Crippen MR) is 67.4 cm³/mol. The Kier molecular flexibility index (Phi) is 3.93. The molecule has 1 aliphatic heterocycles. The number of hydrogen-bond acceptors (Lipinski definition) is 3. The maximum Gasteiger partial charge on any atom is 0.0859 e. The van der Waals surface area contributed by atoms with Gasteiger partial charge in [0.1, 0.15) is 0 Å². The predicted octanol–water partition coefficient (Wildman–Crippen LogP) is 1.12. The maximum atomic E-state index is 3.41. The van der Waals surface area contributed by atoms with E-state index < -0.39 is 0 Å². The molecule has 1 aromatic carbocycles. The Balaban J connectivity index is 2.14. The highest BCUT2D eigenvalue weighted by Gasteiger charge is 2.20. The lowest BCUT2D eigenvalue weighted by Gasteiger charge is -2.35. The van der Waals surface area contributed by atoms with E-state index in [9.17, 15) is 0 Å². The monoisotopic (exact) mass is 219 g/mol. The third kappa shape index (κ3) is 2.61. The largest absolute Gasteiger partial charge is 0.314 e. The Morgan fingerprint density at radius 1 is 1.31 bits per heavy atom. The third-order valence-corrected chi connectivity index (χ3v) is 3.15. The molecule has 2 N–H and O–H groups in total. The first kappa shape index (κ1) is 11.6. The number of nitrogens with zero attached hydrogens (tertiary/aromatic N) is 1. The van der Waals surface area contributed by atoms with Gasteiger partial charge in [0.2, 0.25) is 0 Å². The van der Waals surface area contributed by atoms with Crippen molar-refractivity contribution in [3.8, 4) is 0 Å². The van der Waals surface area contributed by atoms with Crippen LogP contribution in [-0.4, -0.2) is 38.1 Å². The molecule has 1 heterocycles. The fraction of sp³-hybridized carbons (Fsp3) is 0.538. The maximum absolute atomic E-state index is 3.41. The van der Waals surface area contributed by atoms with E-state index in [0.717, 1.165) is 26.2 Å². The van der Waals surface area contributed by atoms with Crippen molar-refractivity contribution in [3.05, 3.63) is 35.4 Å². The van der Waals surface area contributed by atoms with Crippen LogP contribution in [0, 0.1) is 6.92 Å². The Morgan fingerprint density at radius 2 is 2.06 bits per heavy atom. The summed E-state index contributed by atoms with van der Waals surface area (Å²) in [5.41, 5.74) is 2.69. The minimum atomic E-state index is 0.349. The standard InChI is InChI=1S/C13H21N3/c1-11-4-3-5-12(10-11)13(14-2)16-8-6-15-7-9-16/h3-5,10,13-15H,6-9H2,1-2H3. The number of hydrogen-bond donors (Lipinski definition) is 2. The SMILES string of the molecule is CNC(c1cccc(C)c1)N1CCNCC1. The smallest absolute Gasteiger partial charge is 0.0859 e. The lowest BCUT2D eigenvalue weighted by molar-refractivity contribution is 0.153. The molecule has 0 aliphatic carbocycles. The molecule has 1 aliphatic rings. The topological polar surface area (TPSA) is 27.3 Å². The molecule has 0 spiro atoms. The first-order chi connectivity index (χ1) is 7.81. The summed E-state index contributed by atoms with van der Waals surface area (Å²) in [5, 5.41) is 6.80. The molecule has 2 rings (SSSR count). The van der Waals surface area contributed by atoms with Gasteiger partial charge < -0.3 is 10.6 Å². The summed E-state index contributed by atoms with van der Waals surface area (Å²) < 4.78 is 0. The van der Waals surface area contributed by atoms with E-state index in [4.69, 9.17) is 0 Å². The van der Waals surface area contributed by atoms with Crippen LogP contribution >= 0.6 is 0 Å². The van der Waals surface area contributed by atoms with Gasteiger partial charge in [-0.3, -0.25) is 4.90 Å². The average Bonchev–Trinajstić information content (AvgIpc) is 2.31. The number of rotatable bonds is 3. The minimum Gasteiger partial charge on any atom is -0.314 e. The van der Waals surface area contributed by atoms with Crippen LogP contribution in [0.4, 0.5) is 0 Å². The van der Waals surface area contributed by atoms with Crippen molar-refractivity contribution in [3.63, 3.8) is 0 Å². The Morgan fingerprint density at radius 3 is 2.69 bits per heavy atom. The van der Waals surface area contributed by atoms with Crippen LogP contribution in [0.5, 0.6) is 0 Å². The van der Waals surface area contributed by atoms with Crippen molar-refractivity contribution < 1.29 is 0 Å². The van der Waals surface area contributed by atoms with Crippen molar-refractivity contribution in [2.24, 2.45) is 0 Å². The normalized spacial score (nSPS) is 19.6. The molecule has 0 aromatic heterocycles. The summed E-state index contributed by atoms with van der Waals surface area (Å²) in [6.45, 7) is 6.54. The molecule has 0 bridgehead atoms. The molecule has 88 valence electrons. The Bertz CT molecular complexity index is 332. The second-order valence-corrected chi connectivity index (χ2v) is 4.39. The molecule has 1 unspecified atom stereocenters. The molecule has 1 aromatic rings. The molecular weight excluding hydrogens is 198 g/mol. The Hall–Kier alpha value is -0.900. The first-order valence-corrected chi connectivity index (χ1v) is 6.00. The highest BCUT2D eigenvalue weighted by Crippen LogP contribution is 2.18. The Labute approximate surface area is 97.8 Å². The zero-order valence-corrected chi connectivity index (χ0v) is 10.2. The van der Waals surface area contributed by atoms with Gasteiger partial charge in [0.15, 0.2) is 0 Å². The number of piperazine rings is 1. The number of aryl methyl sites for hydroxylation is 1. The summed E-state index contributed by atoms with van der Waals surface area (Å²) in [7, 11) is 2.04. The highest BCUT2D eigenvalue weighted by molar-refractivity contribution is 5.24. The molecular formula is C13H21N3. The molecule has 1 saturated heterocycles. The van der Waals surface area contributed by atoms with Crippen LogP contribution in [-0.2, 0) is 0 Å². The lowest BCUT2D eigenvalue weighted by atomic mass is 10.1. The van der Waals surface area contributed by atoms with Gasteiger partial charge in [-0.15, -0.1) is 0 Å². The van der Waals surface area contributed by atoms with Crippen LogP contribution in [0.2, 0.25) is 0 Å². The summed E-state index contributed by atoms with van der Waals surface area (Å²) in [4.78, 5) is 2.49. The van der Waals surface area contributed by atoms with Gasteiger partial charge in [-0.1, -0.05) is 29.8 Å². The van der Waals surface area contributed by atoms with Gasteiger partial charge in [-0.25, -0.2) is 0 Å². The minimum absolute atomic E-state index is 0.349. The fourth-order valence-corrected chi connectivity index (χ4v) is 2.34. The molecule has 0 saturated carbocycles. The average molecular weight is 219 g/mol. The molecule has 1 atom stereocenters. The van der Waals surface area contributed by atoms with Gasteiger partial charge in [0.05, 0.1) is 6.17 Å².